The van der Waals surface area contributed by atoms with Crippen LogP contribution in [0.5, 0.6) is 0 Å². The summed E-state index contributed by atoms with van der Waals surface area (Å²) in [4.78, 5) is 27.4. The SMILES string of the molecule is CC(C)C(OC(=O)N1c2ccccc2Sc2ccccc21)C(=O)O. The predicted octanol–water partition coefficient (Wildman–Crippen LogP) is 4.54. The van der Waals surface area contributed by atoms with Gasteiger partial charge in [0.1, 0.15) is 0 Å². The third-order valence-electron chi connectivity index (χ3n) is 3.69. The summed E-state index contributed by atoms with van der Waals surface area (Å²) < 4.78 is 5.30. The van der Waals surface area contributed by atoms with E-state index in [1.165, 1.54) is 4.90 Å². The Hall–Kier alpha value is -2.47. The molecule has 0 saturated carbocycles. The first-order chi connectivity index (χ1) is 11.5. The lowest BCUT2D eigenvalue weighted by Gasteiger charge is -2.31. The summed E-state index contributed by atoms with van der Waals surface area (Å²) in [5, 5.41) is 9.28. The summed E-state index contributed by atoms with van der Waals surface area (Å²) in [6.07, 6.45) is -1.87. The number of carboxylic acid groups (broad SMARTS) is 1. The van der Waals surface area contributed by atoms with Crippen LogP contribution < -0.4 is 4.90 Å². The van der Waals surface area contributed by atoms with Crippen LogP contribution in [0.25, 0.3) is 0 Å². The minimum Gasteiger partial charge on any atom is -0.478 e. The number of nitrogens with zero attached hydrogens (tertiary/aromatic N) is 1. The van der Waals surface area contributed by atoms with Gasteiger partial charge in [0, 0.05) is 15.7 Å². The number of aliphatic carboxylic acids is 1. The molecule has 1 atom stereocenters. The Morgan fingerprint density at radius 2 is 1.50 bits per heavy atom. The Morgan fingerprint density at radius 1 is 1.00 bits per heavy atom. The van der Waals surface area contributed by atoms with Crippen LogP contribution in [0.4, 0.5) is 16.2 Å². The first kappa shape index (κ1) is 16.4. The van der Waals surface area contributed by atoms with Gasteiger partial charge in [0.2, 0.25) is 6.10 Å². The average Bonchev–Trinajstić information content (AvgIpc) is 2.56. The van der Waals surface area contributed by atoms with Crippen LogP contribution in [-0.4, -0.2) is 23.3 Å². The lowest BCUT2D eigenvalue weighted by molar-refractivity contribution is -0.148. The maximum atomic E-state index is 12.8. The van der Waals surface area contributed by atoms with Crippen molar-refractivity contribution in [3.05, 3.63) is 48.5 Å². The van der Waals surface area contributed by atoms with E-state index >= 15 is 0 Å². The van der Waals surface area contributed by atoms with Crippen LogP contribution in [0.1, 0.15) is 13.8 Å². The number of ether oxygens (including phenoxy) is 1. The molecule has 2 aromatic carbocycles. The number of benzene rings is 2. The molecule has 1 aliphatic heterocycles. The van der Waals surface area contributed by atoms with E-state index in [2.05, 4.69) is 0 Å². The fourth-order valence-electron chi connectivity index (χ4n) is 2.53. The summed E-state index contributed by atoms with van der Waals surface area (Å²) in [5.74, 6) is -1.47. The van der Waals surface area contributed by atoms with E-state index in [1.54, 1.807) is 25.6 Å². The van der Waals surface area contributed by atoms with Crippen LogP contribution in [-0.2, 0) is 9.53 Å². The Morgan fingerprint density at radius 3 is 1.96 bits per heavy atom. The second kappa shape index (κ2) is 6.57. The van der Waals surface area contributed by atoms with E-state index < -0.39 is 18.2 Å². The lowest BCUT2D eigenvalue weighted by atomic mass is 10.1. The molecular formula is C18H17NO4S. The van der Waals surface area contributed by atoms with E-state index in [1.807, 2.05) is 48.5 Å². The molecule has 124 valence electrons. The van der Waals surface area contributed by atoms with E-state index in [0.717, 1.165) is 9.79 Å². The number of fused-ring (bicyclic) bond motifs is 2. The third-order valence-corrected chi connectivity index (χ3v) is 4.82. The summed E-state index contributed by atoms with van der Waals surface area (Å²) in [6, 6.07) is 15.0. The highest BCUT2D eigenvalue weighted by atomic mass is 32.2. The smallest absolute Gasteiger partial charge is 0.419 e. The second-order valence-corrected chi connectivity index (χ2v) is 6.84. The first-order valence-electron chi connectivity index (χ1n) is 7.58. The molecule has 0 aromatic heterocycles. The summed E-state index contributed by atoms with van der Waals surface area (Å²) in [7, 11) is 0. The number of carbonyl (C=O) groups is 2. The van der Waals surface area contributed by atoms with Crippen LogP contribution in [0.15, 0.2) is 58.3 Å². The summed E-state index contributed by atoms with van der Waals surface area (Å²) >= 11 is 1.57. The Bertz CT molecular complexity index is 745. The molecule has 1 aliphatic rings. The molecule has 1 amide bonds. The van der Waals surface area contributed by atoms with Crippen LogP contribution in [0, 0.1) is 5.92 Å². The molecule has 3 rings (SSSR count). The molecule has 24 heavy (non-hydrogen) atoms. The average molecular weight is 343 g/mol. The van der Waals surface area contributed by atoms with E-state index in [-0.39, 0.29) is 5.92 Å². The quantitative estimate of drug-likeness (QED) is 0.886. The first-order valence-corrected chi connectivity index (χ1v) is 8.40. The van der Waals surface area contributed by atoms with Crippen molar-refractivity contribution in [3.63, 3.8) is 0 Å². The van der Waals surface area contributed by atoms with Crippen molar-refractivity contribution in [2.75, 3.05) is 4.90 Å². The molecule has 6 heteroatoms. The number of amides is 1. The van der Waals surface area contributed by atoms with Crippen molar-refractivity contribution < 1.29 is 19.4 Å². The van der Waals surface area contributed by atoms with Gasteiger partial charge in [-0.1, -0.05) is 49.9 Å². The van der Waals surface area contributed by atoms with Crippen molar-refractivity contribution in [1.29, 1.82) is 0 Å². The monoisotopic (exact) mass is 343 g/mol. The number of para-hydroxylation sites is 2. The minimum absolute atomic E-state index is 0.323. The van der Waals surface area contributed by atoms with Crippen LogP contribution in [0.2, 0.25) is 0 Å². The molecule has 0 bridgehead atoms. The molecule has 1 unspecified atom stereocenters. The molecule has 2 aromatic rings. The van der Waals surface area contributed by atoms with Gasteiger partial charge in [-0.3, -0.25) is 0 Å². The highest BCUT2D eigenvalue weighted by Gasteiger charge is 2.33. The van der Waals surface area contributed by atoms with Crippen molar-refractivity contribution in [3.8, 4) is 0 Å². The number of anilines is 2. The highest BCUT2D eigenvalue weighted by Crippen LogP contribution is 2.48. The molecule has 5 nitrogen and oxygen atoms in total. The standard InChI is InChI=1S/C18H17NO4S/c1-11(2)16(17(20)21)23-18(22)19-12-7-3-5-9-14(12)24-15-10-6-4-8-13(15)19/h3-11,16H,1-2H3,(H,20,21). The number of carboxylic acids is 1. The third kappa shape index (κ3) is 2.97. The topological polar surface area (TPSA) is 66.8 Å². The molecule has 0 spiro atoms. The molecular weight excluding hydrogens is 326 g/mol. The van der Waals surface area contributed by atoms with Gasteiger partial charge in [0.05, 0.1) is 11.4 Å². The zero-order valence-electron chi connectivity index (χ0n) is 13.3. The highest BCUT2D eigenvalue weighted by molar-refractivity contribution is 7.99. The zero-order chi connectivity index (χ0) is 17.3. The van der Waals surface area contributed by atoms with Crippen LogP contribution in [0.3, 0.4) is 0 Å². The van der Waals surface area contributed by atoms with E-state index in [9.17, 15) is 14.7 Å². The predicted molar refractivity (Wildman–Crippen MR) is 91.9 cm³/mol. The van der Waals surface area contributed by atoms with Gasteiger partial charge in [-0.25, -0.2) is 14.5 Å². The maximum absolute atomic E-state index is 12.8. The van der Waals surface area contributed by atoms with Crippen molar-refractivity contribution >= 4 is 35.2 Å². The number of hydrogen-bond donors (Lipinski definition) is 1. The van der Waals surface area contributed by atoms with Gasteiger partial charge in [-0.05, 0) is 24.3 Å². The largest absolute Gasteiger partial charge is 0.478 e. The molecule has 0 aliphatic carbocycles. The van der Waals surface area contributed by atoms with Crippen molar-refractivity contribution in [2.24, 2.45) is 5.92 Å². The normalized spacial score (nSPS) is 13.9. The van der Waals surface area contributed by atoms with Crippen LogP contribution >= 0.6 is 11.8 Å². The molecule has 0 fully saturated rings. The minimum atomic E-state index is -1.19. The maximum Gasteiger partial charge on any atom is 0.419 e. The second-order valence-electron chi connectivity index (χ2n) is 5.76. The molecule has 1 heterocycles. The van der Waals surface area contributed by atoms with Crippen molar-refractivity contribution in [2.45, 2.75) is 29.7 Å². The van der Waals surface area contributed by atoms with Gasteiger partial charge in [0.25, 0.3) is 0 Å². The molecule has 0 saturated heterocycles. The number of carbonyl (C=O) groups excluding carboxylic acids is 1. The summed E-state index contributed by atoms with van der Waals surface area (Å²) in [5.41, 5.74) is 1.39. The number of hydrogen-bond acceptors (Lipinski definition) is 4. The van der Waals surface area contributed by atoms with E-state index in [0.29, 0.717) is 11.4 Å². The van der Waals surface area contributed by atoms with Gasteiger partial charge in [-0.2, -0.15) is 0 Å². The van der Waals surface area contributed by atoms with Gasteiger partial charge < -0.3 is 9.84 Å². The number of rotatable bonds is 3. The summed E-state index contributed by atoms with van der Waals surface area (Å²) in [6.45, 7) is 3.42. The van der Waals surface area contributed by atoms with E-state index in [4.69, 9.17) is 4.74 Å². The Kier molecular flexibility index (Phi) is 4.49. The molecule has 0 radical (unpaired) electrons. The van der Waals surface area contributed by atoms with Crippen molar-refractivity contribution in [1.82, 2.24) is 0 Å². The Balaban J connectivity index is 2.01. The molecule has 1 N–H and O–H groups in total. The fraction of sp³-hybridized carbons (Fsp3) is 0.222. The zero-order valence-corrected chi connectivity index (χ0v) is 14.1. The fourth-order valence-corrected chi connectivity index (χ4v) is 3.59. The lowest BCUT2D eigenvalue weighted by Crippen LogP contribution is -2.38. The van der Waals surface area contributed by atoms with Gasteiger partial charge >= 0.3 is 12.1 Å². The van der Waals surface area contributed by atoms with Gasteiger partial charge in [-0.15, -0.1) is 0 Å². The van der Waals surface area contributed by atoms with Gasteiger partial charge in [0.15, 0.2) is 0 Å². The Labute approximate surface area is 144 Å².